The number of carbonyl (C=O) groups is 1. The van der Waals surface area contributed by atoms with Crippen molar-refractivity contribution in [2.75, 3.05) is 0 Å². The van der Waals surface area contributed by atoms with Crippen LogP contribution in [-0.4, -0.2) is 16.4 Å². The van der Waals surface area contributed by atoms with Gasteiger partial charge in [-0.15, -0.1) is 11.3 Å². The lowest BCUT2D eigenvalue weighted by molar-refractivity contribution is 0.0931. The van der Waals surface area contributed by atoms with Gasteiger partial charge in [-0.3, -0.25) is 4.79 Å². The van der Waals surface area contributed by atoms with Gasteiger partial charge in [0.15, 0.2) is 0 Å². The quantitative estimate of drug-likeness (QED) is 0.780. The number of aromatic nitrogens is 1. The lowest BCUT2D eigenvalue weighted by Crippen LogP contribution is -2.34. The van der Waals surface area contributed by atoms with E-state index in [-0.39, 0.29) is 11.4 Å². The van der Waals surface area contributed by atoms with Crippen molar-refractivity contribution in [1.29, 1.82) is 0 Å². The predicted molar refractivity (Wildman–Crippen MR) is 55.1 cm³/mol. The van der Waals surface area contributed by atoms with Crippen LogP contribution < -0.4 is 11.1 Å². The third-order valence-electron chi connectivity index (χ3n) is 2.37. The Labute approximate surface area is 86.5 Å². The molecule has 1 amide bonds. The maximum Gasteiger partial charge on any atom is 0.271 e. The fraction of sp³-hybridized carbons (Fsp3) is 0.556. The fourth-order valence-electron chi connectivity index (χ4n) is 1.16. The Balaban J connectivity index is 2.03. The first-order valence-electron chi connectivity index (χ1n) is 4.60. The van der Waals surface area contributed by atoms with Crippen LogP contribution in [0.15, 0.2) is 5.38 Å². The summed E-state index contributed by atoms with van der Waals surface area (Å²) in [4.78, 5) is 15.7. The van der Waals surface area contributed by atoms with Crippen LogP contribution in [0, 0.1) is 0 Å². The van der Waals surface area contributed by atoms with E-state index in [0.29, 0.717) is 12.2 Å². The van der Waals surface area contributed by atoms with Crippen LogP contribution in [0.25, 0.3) is 0 Å². The molecule has 5 heteroatoms. The van der Waals surface area contributed by atoms with Gasteiger partial charge in [-0.05, 0) is 19.8 Å². The maximum absolute atomic E-state index is 11.6. The molecule has 4 nitrogen and oxygen atoms in total. The number of hydrogen-bond donors (Lipinski definition) is 2. The number of nitrogens with zero attached hydrogens (tertiary/aromatic N) is 1. The summed E-state index contributed by atoms with van der Waals surface area (Å²) in [6.07, 6.45) is 2.12. The minimum atomic E-state index is -0.0825. The molecule has 0 bridgehead atoms. The van der Waals surface area contributed by atoms with Gasteiger partial charge < -0.3 is 11.1 Å². The van der Waals surface area contributed by atoms with Gasteiger partial charge in [0.1, 0.15) is 10.7 Å². The summed E-state index contributed by atoms with van der Waals surface area (Å²) in [6.45, 7) is 2.44. The lowest BCUT2D eigenvalue weighted by atomic mass is 10.3. The molecule has 1 aliphatic carbocycles. The van der Waals surface area contributed by atoms with E-state index in [4.69, 9.17) is 5.73 Å². The van der Waals surface area contributed by atoms with E-state index in [1.807, 2.05) is 6.92 Å². The molecule has 0 aromatic carbocycles. The highest BCUT2D eigenvalue weighted by Gasteiger charge is 2.39. The molecule has 1 saturated carbocycles. The molecular formula is C9H13N3OS. The van der Waals surface area contributed by atoms with Gasteiger partial charge in [-0.25, -0.2) is 4.98 Å². The summed E-state index contributed by atoms with van der Waals surface area (Å²) in [5.74, 6) is -0.0825. The molecule has 0 unspecified atom stereocenters. The zero-order chi connectivity index (χ0) is 10.2. The molecule has 1 aliphatic rings. The molecule has 76 valence electrons. The van der Waals surface area contributed by atoms with Gasteiger partial charge in [-0.1, -0.05) is 0 Å². The number of nitrogens with one attached hydrogen (secondary N) is 1. The minimum Gasteiger partial charge on any atom is -0.346 e. The second-order valence-electron chi connectivity index (χ2n) is 3.85. The Hall–Kier alpha value is -0.940. The monoisotopic (exact) mass is 211 g/mol. The first-order valence-corrected chi connectivity index (χ1v) is 5.48. The van der Waals surface area contributed by atoms with E-state index in [1.54, 1.807) is 5.38 Å². The first kappa shape index (κ1) is 9.61. The molecule has 0 atom stereocenters. The number of rotatable bonds is 3. The average molecular weight is 211 g/mol. The van der Waals surface area contributed by atoms with Crippen molar-refractivity contribution in [2.45, 2.75) is 31.8 Å². The number of carbonyl (C=O) groups excluding carboxylic acids is 1. The number of nitrogens with two attached hydrogens (primary N) is 1. The third-order valence-corrected chi connectivity index (χ3v) is 3.25. The Morgan fingerprint density at radius 3 is 3.00 bits per heavy atom. The fourth-order valence-corrected chi connectivity index (χ4v) is 1.81. The predicted octanol–water partition coefficient (Wildman–Crippen LogP) is 0.884. The van der Waals surface area contributed by atoms with Crippen molar-refractivity contribution in [1.82, 2.24) is 10.3 Å². The average Bonchev–Trinajstić information content (AvgIpc) is 2.71. The molecule has 0 saturated heterocycles. The Morgan fingerprint density at radius 2 is 2.50 bits per heavy atom. The van der Waals surface area contributed by atoms with Crippen molar-refractivity contribution in [3.05, 3.63) is 16.1 Å². The molecule has 3 N–H and O–H groups in total. The molecule has 0 spiro atoms. The molecule has 0 aliphatic heterocycles. The van der Waals surface area contributed by atoms with E-state index < -0.39 is 0 Å². The van der Waals surface area contributed by atoms with Crippen LogP contribution >= 0.6 is 11.3 Å². The van der Waals surface area contributed by atoms with Gasteiger partial charge in [0, 0.05) is 17.5 Å². The summed E-state index contributed by atoms with van der Waals surface area (Å²) in [5.41, 5.74) is 5.93. The molecule has 0 radical (unpaired) electrons. The highest BCUT2D eigenvalue weighted by atomic mass is 32.1. The van der Waals surface area contributed by atoms with Crippen molar-refractivity contribution in [3.8, 4) is 0 Å². The molecule has 14 heavy (non-hydrogen) atoms. The third kappa shape index (κ3) is 1.93. The Morgan fingerprint density at radius 1 is 1.79 bits per heavy atom. The van der Waals surface area contributed by atoms with E-state index in [0.717, 1.165) is 17.8 Å². The molecule has 1 aromatic rings. The number of amides is 1. The highest BCUT2D eigenvalue weighted by Crippen LogP contribution is 2.34. The summed E-state index contributed by atoms with van der Waals surface area (Å²) in [7, 11) is 0. The SMILES string of the molecule is CC1(NC(=O)c2csc(CN)n2)CC1. The van der Waals surface area contributed by atoms with Crippen LogP contribution in [0.4, 0.5) is 0 Å². The standard InChI is InChI=1S/C9H13N3OS/c1-9(2-3-9)12-8(13)6-5-14-7(4-10)11-6/h5H,2-4,10H2,1H3,(H,12,13). The summed E-state index contributed by atoms with van der Waals surface area (Å²) in [6, 6.07) is 0. The van der Waals surface area contributed by atoms with Gasteiger partial charge in [0.2, 0.25) is 0 Å². The van der Waals surface area contributed by atoms with E-state index >= 15 is 0 Å². The molecule has 2 rings (SSSR count). The lowest BCUT2D eigenvalue weighted by Gasteiger charge is -2.09. The summed E-state index contributed by atoms with van der Waals surface area (Å²) < 4.78 is 0. The van der Waals surface area contributed by atoms with Crippen molar-refractivity contribution >= 4 is 17.2 Å². The van der Waals surface area contributed by atoms with Gasteiger partial charge in [-0.2, -0.15) is 0 Å². The topological polar surface area (TPSA) is 68.0 Å². The van der Waals surface area contributed by atoms with Gasteiger partial charge in [0.05, 0.1) is 0 Å². The van der Waals surface area contributed by atoms with Crippen molar-refractivity contribution in [2.24, 2.45) is 5.73 Å². The van der Waals surface area contributed by atoms with Gasteiger partial charge in [0.25, 0.3) is 5.91 Å². The smallest absolute Gasteiger partial charge is 0.271 e. The molecule has 1 fully saturated rings. The minimum absolute atomic E-state index is 0.0174. The van der Waals surface area contributed by atoms with Crippen LogP contribution in [0.3, 0.4) is 0 Å². The van der Waals surface area contributed by atoms with E-state index in [2.05, 4.69) is 10.3 Å². The van der Waals surface area contributed by atoms with Crippen molar-refractivity contribution < 1.29 is 4.79 Å². The van der Waals surface area contributed by atoms with Crippen LogP contribution in [-0.2, 0) is 6.54 Å². The largest absolute Gasteiger partial charge is 0.346 e. The normalized spacial score (nSPS) is 17.9. The summed E-state index contributed by atoms with van der Waals surface area (Å²) >= 11 is 1.43. The Kier molecular flexibility index (Phi) is 2.28. The second kappa shape index (κ2) is 3.33. The highest BCUT2D eigenvalue weighted by molar-refractivity contribution is 7.09. The molecule has 1 heterocycles. The number of hydrogen-bond acceptors (Lipinski definition) is 4. The van der Waals surface area contributed by atoms with Crippen LogP contribution in [0.1, 0.15) is 35.3 Å². The first-order chi connectivity index (χ1) is 6.63. The van der Waals surface area contributed by atoms with Crippen molar-refractivity contribution in [3.63, 3.8) is 0 Å². The zero-order valence-electron chi connectivity index (χ0n) is 8.04. The van der Waals surface area contributed by atoms with Gasteiger partial charge >= 0.3 is 0 Å². The van der Waals surface area contributed by atoms with E-state index in [1.165, 1.54) is 11.3 Å². The maximum atomic E-state index is 11.6. The molecule has 1 aromatic heterocycles. The summed E-state index contributed by atoms with van der Waals surface area (Å²) in [5, 5.41) is 5.50. The Bertz CT molecular complexity index is 357. The van der Waals surface area contributed by atoms with Crippen LogP contribution in [0.5, 0.6) is 0 Å². The number of thiazole rings is 1. The second-order valence-corrected chi connectivity index (χ2v) is 4.79. The molecular weight excluding hydrogens is 198 g/mol. The van der Waals surface area contributed by atoms with Crippen LogP contribution in [0.2, 0.25) is 0 Å². The zero-order valence-corrected chi connectivity index (χ0v) is 8.86. The van der Waals surface area contributed by atoms with E-state index in [9.17, 15) is 4.79 Å².